The summed E-state index contributed by atoms with van der Waals surface area (Å²) in [4.78, 5) is 28.5. The topological polar surface area (TPSA) is 111 Å². The maximum absolute atomic E-state index is 13.1. The molecule has 4 amide bonds. The van der Waals surface area contributed by atoms with Gasteiger partial charge in [-0.3, -0.25) is 10.3 Å². The third kappa shape index (κ3) is 6.03. The van der Waals surface area contributed by atoms with Crippen molar-refractivity contribution in [2.75, 3.05) is 24.9 Å². The zero-order valence-corrected chi connectivity index (χ0v) is 20.1. The highest BCUT2D eigenvalue weighted by Gasteiger charge is 2.33. The second-order valence-electron chi connectivity index (χ2n) is 7.74. The molecule has 1 aromatic heterocycles. The lowest BCUT2D eigenvalue weighted by Crippen LogP contribution is -2.37. The maximum Gasteiger partial charge on any atom is 0.418 e. The van der Waals surface area contributed by atoms with Crippen LogP contribution in [0.3, 0.4) is 0 Å². The summed E-state index contributed by atoms with van der Waals surface area (Å²) in [5.41, 5.74) is -0.576. The summed E-state index contributed by atoms with van der Waals surface area (Å²) in [6, 6.07) is 13.7. The number of anilines is 2. The number of ether oxygens (including phenoxy) is 3. The number of hydrogen-bond donors (Lipinski definition) is 3. The van der Waals surface area contributed by atoms with Crippen LogP contribution in [0, 0.1) is 0 Å². The Morgan fingerprint density at radius 2 is 1.47 bits per heavy atom. The van der Waals surface area contributed by atoms with E-state index in [0.717, 1.165) is 12.1 Å². The number of benzene rings is 3. The first kappa shape index (κ1) is 26.1. The van der Waals surface area contributed by atoms with Gasteiger partial charge in [0.25, 0.3) is 0 Å². The number of nitrogens with one attached hydrogen (secondary N) is 3. The molecule has 4 aromatic rings. The van der Waals surface area contributed by atoms with E-state index in [4.69, 9.17) is 14.2 Å². The molecule has 0 bridgehead atoms. The zero-order chi connectivity index (χ0) is 27.3. The molecule has 0 saturated heterocycles. The normalized spacial score (nSPS) is 11.0. The summed E-state index contributed by atoms with van der Waals surface area (Å²) in [6.07, 6.45) is -3.08. The fourth-order valence-electron chi connectivity index (χ4n) is 3.53. The van der Waals surface area contributed by atoms with Crippen LogP contribution in [-0.4, -0.2) is 31.3 Å². The highest BCUT2D eigenvalue weighted by Crippen LogP contribution is 2.37. The molecule has 0 aliphatic rings. The summed E-state index contributed by atoms with van der Waals surface area (Å²) in [7, 11) is 3.05. The average Bonchev–Trinajstić information content (AvgIpc) is 2.88. The number of nitrogens with zero attached hydrogens (tertiary/aromatic N) is 1. The molecule has 1 heterocycles. The minimum Gasteiger partial charge on any atom is -0.493 e. The van der Waals surface area contributed by atoms with Gasteiger partial charge in [-0.25, -0.2) is 9.59 Å². The van der Waals surface area contributed by atoms with Gasteiger partial charge in [0.1, 0.15) is 11.5 Å². The molecule has 0 atom stereocenters. The fourth-order valence-corrected chi connectivity index (χ4v) is 3.53. The minimum absolute atomic E-state index is 0.310. The Morgan fingerprint density at radius 3 is 2.16 bits per heavy atom. The van der Waals surface area contributed by atoms with Crippen molar-refractivity contribution in [1.29, 1.82) is 0 Å². The molecule has 3 N–H and O–H groups in total. The molecule has 196 valence electrons. The van der Waals surface area contributed by atoms with Gasteiger partial charge in [-0.1, -0.05) is 12.1 Å². The van der Waals surface area contributed by atoms with Gasteiger partial charge < -0.3 is 24.8 Å². The first-order valence-electron chi connectivity index (χ1n) is 11.0. The molecule has 0 aliphatic heterocycles. The number of halogens is 3. The lowest BCUT2D eigenvalue weighted by atomic mass is 10.1. The number of aromatic nitrogens is 1. The molecular formula is C26H21F3N4O5. The summed E-state index contributed by atoms with van der Waals surface area (Å²) < 4.78 is 55.9. The Morgan fingerprint density at radius 1 is 0.816 bits per heavy atom. The number of para-hydroxylation sites is 1. The Labute approximate surface area is 214 Å². The van der Waals surface area contributed by atoms with Crippen LogP contribution in [-0.2, 0) is 6.18 Å². The summed E-state index contributed by atoms with van der Waals surface area (Å²) in [6.45, 7) is 0. The summed E-state index contributed by atoms with van der Waals surface area (Å²) in [5, 5.41) is 7.06. The van der Waals surface area contributed by atoms with Crippen LogP contribution in [0.2, 0.25) is 0 Å². The summed E-state index contributed by atoms with van der Waals surface area (Å²) in [5.74, 6) is 1.98. The van der Waals surface area contributed by atoms with Crippen molar-refractivity contribution in [3.8, 4) is 23.0 Å². The first-order chi connectivity index (χ1) is 18.2. The molecule has 9 nitrogen and oxygen atoms in total. The average molecular weight is 526 g/mol. The van der Waals surface area contributed by atoms with Crippen molar-refractivity contribution in [2.24, 2.45) is 0 Å². The fraction of sp³-hybridized carbons (Fsp3) is 0.115. The Kier molecular flexibility index (Phi) is 7.51. The van der Waals surface area contributed by atoms with E-state index in [-0.39, 0.29) is 0 Å². The van der Waals surface area contributed by atoms with E-state index in [2.05, 4.69) is 10.3 Å². The van der Waals surface area contributed by atoms with Crippen LogP contribution in [0.5, 0.6) is 23.0 Å². The quantitative estimate of drug-likeness (QED) is 0.268. The number of imide groups is 1. The Bertz CT molecular complexity index is 1480. The summed E-state index contributed by atoms with van der Waals surface area (Å²) >= 11 is 0. The van der Waals surface area contributed by atoms with Gasteiger partial charge in [0.2, 0.25) is 0 Å². The standard InChI is InChI=1S/C26H21F3N4O5/c1-36-22-13-17-20(14-23(22)37-2)30-12-11-21(17)38-16-9-7-15(8-10-16)31-24(34)33-25(35)32-19-6-4-3-5-18(19)26(27,28)29/h3-14H,1-2H3,(H3,31,32,33,34,35). The van der Waals surface area contributed by atoms with E-state index < -0.39 is 29.5 Å². The second-order valence-corrected chi connectivity index (χ2v) is 7.74. The number of fused-ring (bicyclic) bond motifs is 1. The zero-order valence-electron chi connectivity index (χ0n) is 20.1. The van der Waals surface area contributed by atoms with E-state index in [1.807, 2.05) is 10.6 Å². The SMILES string of the molecule is COc1cc2nccc(Oc3ccc(NC(=O)NC(=O)Nc4ccccc4C(F)(F)F)cc3)c2cc1OC. The van der Waals surface area contributed by atoms with Gasteiger partial charge in [0, 0.05) is 23.3 Å². The Balaban J connectivity index is 1.39. The van der Waals surface area contributed by atoms with Crippen LogP contribution in [0.25, 0.3) is 10.9 Å². The molecule has 0 radical (unpaired) electrons. The molecule has 0 fully saturated rings. The molecule has 3 aromatic carbocycles. The molecule has 0 spiro atoms. The van der Waals surface area contributed by atoms with Gasteiger partial charge in [-0.05, 0) is 48.5 Å². The number of pyridine rings is 1. The van der Waals surface area contributed by atoms with Crippen molar-refractivity contribution < 1.29 is 37.0 Å². The number of rotatable bonds is 6. The minimum atomic E-state index is -4.67. The van der Waals surface area contributed by atoms with E-state index in [1.54, 1.807) is 36.5 Å². The molecule has 4 rings (SSSR count). The number of carbonyl (C=O) groups is 2. The monoisotopic (exact) mass is 526 g/mol. The number of urea groups is 2. The predicted octanol–water partition coefficient (Wildman–Crippen LogP) is 6.42. The largest absolute Gasteiger partial charge is 0.493 e. The number of hydrogen-bond acceptors (Lipinski definition) is 6. The van der Waals surface area contributed by atoms with E-state index >= 15 is 0 Å². The van der Waals surface area contributed by atoms with Gasteiger partial charge >= 0.3 is 18.2 Å². The third-order valence-electron chi connectivity index (χ3n) is 5.25. The van der Waals surface area contributed by atoms with Gasteiger partial charge in [0.05, 0.1) is 31.0 Å². The van der Waals surface area contributed by atoms with E-state index in [1.165, 1.54) is 38.5 Å². The predicted molar refractivity (Wildman–Crippen MR) is 134 cm³/mol. The molecule has 12 heteroatoms. The second kappa shape index (κ2) is 10.9. The van der Waals surface area contributed by atoms with Crippen molar-refractivity contribution in [2.45, 2.75) is 6.18 Å². The van der Waals surface area contributed by atoms with Gasteiger partial charge in [0.15, 0.2) is 11.5 Å². The highest BCUT2D eigenvalue weighted by molar-refractivity contribution is 6.05. The van der Waals surface area contributed by atoms with Gasteiger partial charge in [-0.2, -0.15) is 13.2 Å². The van der Waals surface area contributed by atoms with Crippen LogP contribution in [0.4, 0.5) is 34.1 Å². The van der Waals surface area contributed by atoms with E-state index in [0.29, 0.717) is 39.6 Å². The van der Waals surface area contributed by atoms with Crippen LogP contribution < -0.4 is 30.2 Å². The van der Waals surface area contributed by atoms with Crippen molar-refractivity contribution >= 4 is 34.3 Å². The maximum atomic E-state index is 13.1. The smallest absolute Gasteiger partial charge is 0.418 e. The molecule has 0 unspecified atom stereocenters. The Hall–Kier alpha value is -5.00. The highest BCUT2D eigenvalue weighted by atomic mass is 19.4. The van der Waals surface area contributed by atoms with Crippen LogP contribution >= 0.6 is 0 Å². The van der Waals surface area contributed by atoms with Crippen molar-refractivity contribution in [3.63, 3.8) is 0 Å². The first-order valence-corrected chi connectivity index (χ1v) is 11.0. The van der Waals surface area contributed by atoms with E-state index in [9.17, 15) is 22.8 Å². The molecule has 38 heavy (non-hydrogen) atoms. The van der Waals surface area contributed by atoms with Gasteiger partial charge in [-0.15, -0.1) is 0 Å². The molecule has 0 aliphatic carbocycles. The van der Waals surface area contributed by atoms with Crippen molar-refractivity contribution in [3.05, 3.63) is 78.5 Å². The number of carbonyl (C=O) groups excluding carboxylic acids is 2. The van der Waals surface area contributed by atoms with Crippen LogP contribution in [0.1, 0.15) is 5.56 Å². The lowest BCUT2D eigenvalue weighted by molar-refractivity contribution is -0.136. The van der Waals surface area contributed by atoms with Crippen LogP contribution in [0.15, 0.2) is 72.9 Å². The van der Waals surface area contributed by atoms with Crippen molar-refractivity contribution in [1.82, 2.24) is 10.3 Å². The third-order valence-corrected chi connectivity index (χ3v) is 5.25. The molecule has 0 saturated carbocycles. The lowest BCUT2D eigenvalue weighted by Gasteiger charge is -2.14. The molecular weight excluding hydrogens is 505 g/mol. The number of amides is 4. The number of alkyl halides is 3. The number of methoxy groups -OCH3 is 2.